The molecule has 3 rings (SSSR count). The molecule has 114 valence electrons. The lowest BCUT2D eigenvalue weighted by molar-refractivity contribution is 0.184. The molecular weight excluding hydrogens is 278 g/mol. The first kappa shape index (κ1) is 14.5. The summed E-state index contributed by atoms with van der Waals surface area (Å²) in [7, 11) is 3.59. The Morgan fingerprint density at radius 1 is 1.18 bits per heavy atom. The van der Waals surface area contributed by atoms with Gasteiger partial charge in [0.25, 0.3) is 0 Å². The third kappa shape index (κ3) is 2.78. The van der Waals surface area contributed by atoms with Gasteiger partial charge in [-0.1, -0.05) is 24.3 Å². The average molecular weight is 297 g/mol. The van der Waals surface area contributed by atoms with Gasteiger partial charge in [0.15, 0.2) is 5.65 Å². The summed E-state index contributed by atoms with van der Waals surface area (Å²) >= 11 is 0. The van der Waals surface area contributed by atoms with E-state index in [1.54, 1.807) is 18.0 Å². The monoisotopic (exact) mass is 297 g/mol. The average Bonchev–Trinajstić information content (AvgIpc) is 2.88. The van der Waals surface area contributed by atoms with Crippen LogP contribution in [0.5, 0.6) is 0 Å². The first-order chi connectivity index (χ1) is 10.7. The van der Waals surface area contributed by atoms with Gasteiger partial charge in [-0.2, -0.15) is 5.10 Å². The number of rotatable bonds is 5. The SMILES string of the molecule is COCc1ccccc1CNc1nc(C)nc2c1cnn2C. The fourth-order valence-electron chi connectivity index (χ4n) is 2.47. The quantitative estimate of drug-likeness (QED) is 0.783. The maximum absolute atomic E-state index is 5.25. The molecule has 22 heavy (non-hydrogen) atoms. The van der Waals surface area contributed by atoms with Crippen LogP contribution in [-0.2, 0) is 24.9 Å². The van der Waals surface area contributed by atoms with Crippen molar-refractivity contribution in [3.63, 3.8) is 0 Å². The maximum atomic E-state index is 5.25. The number of nitrogens with one attached hydrogen (secondary N) is 1. The lowest BCUT2D eigenvalue weighted by Crippen LogP contribution is -2.07. The zero-order valence-electron chi connectivity index (χ0n) is 13.0. The zero-order chi connectivity index (χ0) is 15.5. The summed E-state index contributed by atoms with van der Waals surface area (Å²) in [5, 5.41) is 8.58. The van der Waals surface area contributed by atoms with Gasteiger partial charge < -0.3 is 10.1 Å². The molecule has 0 saturated heterocycles. The van der Waals surface area contributed by atoms with Crippen LogP contribution in [0.1, 0.15) is 17.0 Å². The summed E-state index contributed by atoms with van der Waals surface area (Å²) in [5.41, 5.74) is 3.20. The minimum absolute atomic E-state index is 0.600. The number of anilines is 1. The van der Waals surface area contributed by atoms with Crippen molar-refractivity contribution >= 4 is 16.9 Å². The van der Waals surface area contributed by atoms with Crippen molar-refractivity contribution in [1.29, 1.82) is 0 Å². The van der Waals surface area contributed by atoms with Crippen molar-refractivity contribution in [3.8, 4) is 0 Å². The molecule has 2 aromatic heterocycles. The van der Waals surface area contributed by atoms with E-state index in [0.717, 1.165) is 22.7 Å². The number of aromatic nitrogens is 4. The second kappa shape index (κ2) is 6.11. The van der Waals surface area contributed by atoms with Crippen molar-refractivity contribution in [2.75, 3.05) is 12.4 Å². The summed E-state index contributed by atoms with van der Waals surface area (Å²) in [6.45, 7) is 3.17. The molecule has 0 saturated carbocycles. The molecule has 1 N–H and O–H groups in total. The Hall–Kier alpha value is -2.47. The fourth-order valence-corrected chi connectivity index (χ4v) is 2.47. The highest BCUT2D eigenvalue weighted by atomic mass is 16.5. The van der Waals surface area contributed by atoms with Crippen molar-refractivity contribution in [1.82, 2.24) is 19.7 Å². The molecule has 0 atom stereocenters. The van der Waals surface area contributed by atoms with Crippen molar-refractivity contribution in [2.24, 2.45) is 7.05 Å². The first-order valence-electron chi connectivity index (χ1n) is 7.15. The molecule has 0 aliphatic rings. The van der Waals surface area contributed by atoms with E-state index in [4.69, 9.17) is 4.74 Å². The van der Waals surface area contributed by atoms with Crippen molar-refractivity contribution < 1.29 is 4.74 Å². The fraction of sp³-hybridized carbons (Fsp3) is 0.312. The number of methoxy groups -OCH3 is 1. The molecule has 0 radical (unpaired) electrons. The van der Waals surface area contributed by atoms with Gasteiger partial charge in [0.05, 0.1) is 18.2 Å². The summed E-state index contributed by atoms with van der Waals surface area (Å²) in [6, 6.07) is 8.22. The predicted octanol–water partition coefficient (Wildman–Crippen LogP) is 2.43. The number of fused-ring (bicyclic) bond motifs is 1. The van der Waals surface area contributed by atoms with Crippen LogP contribution in [0, 0.1) is 6.92 Å². The van der Waals surface area contributed by atoms with Gasteiger partial charge in [-0.15, -0.1) is 0 Å². The highest BCUT2D eigenvalue weighted by Gasteiger charge is 2.10. The molecule has 6 nitrogen and oxygen atoms in total. The third-order valence-corrected chi connectivity index (χ3v) is 3.57. The van der Waals surface area contributed by atoms with Crippen molar-refractivity contribution in [3.05, 3.63) is 47.4 Å². The lowest BCUT2D eigenvalue weighted by Gasteiger charge is -2.11. The van der Waals surface area contributed by atoms with Crippen LogP contribution in [0.4, 0.5) is 5.82 Å². The minimum atomic E-state index is 0.600. The number of hydrogen-bond donors (Lipinski definition) is 1. The second-order valence-corrected chi connectivity index (χ2v) is 5.18. The summed E-state index contributed by atoms with van der Waals surface area (Å²) in [6.07, 6.45) is 1.79. The van der Waals surface area contributed by atoms with Crippen LogP contribution in [0.2, 0.25) is 0 Å². The Morgan fingerprint density at radius 2 is 1.95 bits per heavy atom. The summed E-state index contributed by atoms with van der Waals surface area (Å²) < 4.78 is 7.00. The van der Waals surface area contributed by atoms with Gasteiger partial charge in [0.2, 0.25) is 0 Å². The Kier molecular flexibility index (Phi) is 4.02. The Labute approximate surface area is 129 Å². The highest BCUT2D eigenvalue weighted by Crippen LogP contribution is 2.20. The zero-order valence-corrected chi connectivity index (χ0v) is 13.0. The van der Waals surface area contributed by atoms with E-state index in [2.05, 4.69) is 32.5 Å². The van der Waals surface area contributed by atoms with Crippen LogP contribution >= 0.6 is 0 Å². The van der Waals surface area contributed by atoms with E-state index in [-0.39, 0.29) is 0 Å². The Morgan fingerprint density at radius 3 is 2.73 bits per heavy atom. The molecule has 0 aliphatic carbocycles. The Balaban J connectivity index is 1.88. The van der Waals surface area contributed by atoms with Crippen LogP contribution in [0.25, 0.3) is 11.0 Å². The number of nitrogens with zero attached hydrogens (tertiary/aromatic N) is 4. The molecule has 3 aromatic rings. The van der Waals surface area contributed by atoms with E-state index in [1.165, 1.54) is 11.1 Å². The highest BCUT2D eigenvalue weighted by molar-refractivity contribution is 5.86. The third-order valence-electron chi connectivity index (χ3n) is 3.57. The van der Waals surface area contributed by atoms with Gasteiger partial charge in [-0.05, 0) is 18.1 Å². The molecule has 0 unspecified atom stereocenters. The lowest BCUT2D eigenvalue weighted by atomic mass is 10.1. The van der Waals surface area contributed by atoms with E-state index in [0.29, 0.717) is 13.2 Å². The van der Waals surface area contributed by atoms with Gasteiger partial charge in [-0.3, -0.25) is 4.68 Å². The van der Waals surface area contributed by atoms with E-state index >= 15 is 0 Å². The normalized spacial score (nSPS) is 11.0. The molecular formula is C16H19N5O. The molecule has 0 bridgehead atoms. The van der Waals surface area contributed by atoms with Crippen LogP contribution < -0.4 is 5.32 Å². The van der Waals surface area contributed by atoms with Gasteiger partial charge in [0.1, 0.15) is 11.6 Å². The number of benzene rings is 1. The summed E-state index contributed by atoms with van der Waals surface area (Å²) in [4.78, 5) is 8.93. The summed E-state index contributed by atoms with van der Waals surface area (Å²) in [5.74, 6) is 1.53. The van der Waals surface area contributed by atoms with E-state index < -0.39 is 0 Å². The maximum Gasteiger partial charge on any atom is 0.163 e. The molecule has 0 amide bonds. The number of hydrogen-bond acceptors (Lipinski definition) is 5. The molecule has 0 fully saturated rings. The number of aryl methyl sites for hydroxylation is 2. The van der Waals surface area contributed by atoms with Crippen molar-refractivity contribution in [2.45, 2.75) is 20.1 Å². The molecule has 2 heterocycles. The minimum Gasteiger partial charge on any atom is -0.380 e. The van der Waals surface area contributed by atoms with E-state index in [1.807, 2.05) is 26.1 Å². The second-order valence-electron chi connectivity index (χ2n) is 5.18. The first-order valence-corrected chi connectivity index (χ1v) is 7.15. The predicted molar refractivity (Wildman–Crippen MR) is 85.5 cm³/mol. The molecule has 6 heteroatoms. The molecule has 0 aliphatic heterocycles. The van der Waals surface area contributed by atoms with Crippen LogP contribution in [0.15, 0.2) is 30.5 Å². The van der Waals surface area contributed by atoms with Crippen LogP contribution in [0.3, 0.4) is 0 Å². The topological polar surface area (TPSA) is 64.9 Å². The Bertz CT molecular complexity index is 796. The smallest absolute Gasteiger partial charge is 0.163 e. The van der Waals surface area contributed by atoms with Gasteiger partial charge in [0, 0.05) is 20.7 Å². The largest absolute Gasteiger partial charge is 0.380 e. The standard InChI is InChI=1S/C16H19N5O/c1-11-19-15(14-9-18-21(2)16(14)20-11)17-8-12-6-4-5-7-13(12)10-22-3/h4-7,9H,8,10H2,1-3H3,(H,17,19,20). The molecule has 1 aromatic carbocycles. The van der Waals surface area contributed by atoms with Gasteiger partial charge >= 0.3 is 0 Å². The van der Waals surface area contributed by atoms with E-state index in [9.17, 15) is 0 Å². The molecule has 0 spiro atoms. The van der Waals surface area contributed by atoms with Crippen LogP contribution in [-0.4, -0.2) is 26.9 Å². The van der Waals surface area contributed by atoms with Gasteiger partial charge in [-0.25, -0.2) is 9.97 Å². The number of ether oxygens (including phenoxy) is 1.